The summed E-state index contributed by atoms with van der Waals surface area (Å²) < 4.78 is 48.1. The highest BCUT2D eigenvalue weighted by Crippen LogP contribution is 2.67. The van der Waals surface area contributed by atoms with E-state index in [4.69, 9.17) is 37.9 Å². The summed E-state index contributed by atoms with van der Waals surface area (Å²) in [5.74, 6) is -6.73. The predicted octanol–water partition coefficient (Wildman–Crippen LogP) is 3.66. The van der Waals surface area contributed by atoms with E-state index in [1.54, 1.807) is 66.7 Å². The normalized spacial score (nSPS) is 34.2. The molecule has 2 bridgehead atoms. The Bertz CT molecular complexity index is 2040. The van der Waals surface area contributed by atoms with E-state index in [1.165, 1.54) is 26.0 Å². The summed E-state index contributed by atoms with van der Waals surface area (Å²) in [4.78, 5) is 97.3. The monoisotopic (exact) mass is 871 g/mol. The Balaban J connectivity index is 1.61. The quantitative estimate of drug-likeness (QED) is 0.173. The summed E-state index contributed by atoms with van der Waals surface area (Å²) in [5, 5.41) is 26.3. The molecule has 18 nitrogen and oxygen atoms in total. The topological polar surface area (TPSA) is 246 Å². The fourth-order valence-electron chi connectivity index (χ4n) is 10.4. The van der Waals surface area contributed by atoms with Crippen LogP contribution in [0.1, 0.15) is 99.4 Å². The van der Waals surface area contributed by atoms with Crippen LogP contribution < -0.4 is 5.32 Å². The van der Waals surface area contributed by atoms with Crippen molar-refractivity contribution in [2.75, 3.05) is 6.61 Å². The van der Waals surface area contributed by atoms with Crippen LogP contribution in [0.2, 0.25) is 0 Å². The van der Waals surface area contributed by atoms with Gasteiger partial charge in [-0.3, -0.25) is 14.4 Å². The Morgan fingerprint density at radius 3 is 2.16 bits per heavy atom. The summed E-state index contributed by atoms with van der Waals surface area (Å²) in [7, 11) is 0. The first kappa shape index (κ1) is 46.4. The van der Waals surface area contributed by atoms with Gasteiger partial charge in [0, 0.05) is 25.7 Å². The fourth-order valence-corrected chi connectivity index (χ4v) is 10.4. The van der Waals surface area contributed by atoms with Crippen LogP contribution >= 0.6 is 0 Å². The van der Waals surface area contributed by atoms with E-state index >= 15 is 4.79 Å². The van der Waals surface area contributed by atoms with Crippen LogP contribution in [-0.4, -0.2) is 124 Å². The molecule has 6 rings (SSSR count). The van der Waals surface area contributed by atoms with Gasteiger partial charge < -0.3 is 53.4 Å². The summed E-state index contributed by atoms with van der Waals surface area (Å²) in [6.45, 7) is 16.2. The third kappa shape index (κ3) is 7.61. The van der Waals surface area contributed by atoms with Crippen molar-refractivity contribution in [3.63, 3.8) is 0 Å². The maximum Gasteiger partial charge on any atom is 0.509 e. The number of esters is 4. The van der Waals surface area contributed by atoms with Gasteiger partial charge in [0.25, 0.3) is 0 Å². The van der Waals surface area contributed by atoms with Crippen molar-refractivity contribution in [2.24, 2.45) is 22.7 Å². The van der Waals surface area contributed by atoms with Crippen molar-refractivity contribution in [1.29, 1.82) is 0 Å². The predicted molar refractivity (Wildman–Crippen MR) is 212 cm³/mol. The lowest BCUT2D eigenvalue weighted by molar-refractivity contribution is -0.345. The number of aliphatic hydroxyl groups is 2. The number of nitrogens with one attached hydrogen (secondary N) is 1. The van der Waals surface area contributed by atoms with Gasteiger partial charge in [-0.2, -0.15) is 0 Å². The van der Waals surface area contributed by atoms with Crippen molar-refractivity contribution in [1.82, 2.24) is 5.32 Å². The number of fused-ring (bicyclic) bond motifs is 4. The molecule has 2 saturated carbocycles. The molecule has 1 amide bonds. The molecule has 9 unspecified atom stereocenters. The van der Waals surface area contributed by atoms with Gasteiger partial charge in [0.2, 0.25) is 5.60 Å². The molecular weight excluding hydrogens is 814 g/mol. The molecule has 3 N–H and O–H groups in total. The molecule has 3 aliphatic carbocycles. The summed E-state index contributed by atoms with van der Waals surface area (Å²) in [6, 6.07) is 6.47. The Morgan fingerprint density at radius 2 is 1.61 bits per heavy atom. The van der Waals surface area contributed by atoms with Crippen molar-refractivity contribution in [3.05, 3.63) is 47.0 Å². The van der Waals surface area contributed by atoms with Crippen LogP contribution in [0.3, 0.4) is 0 Å². The maximum absolute atomic E-state index is 15.6. The number of ketones is 1. The molecule has 4 fully saturated rings. The van der Waals surface area contributed by atoms with Crippen molar-refractivity contribution < 1.29 is 81.7 Å². The molecule has 62 heavy (non-hydrogen) atoms. The standard InChI is InChI=1S/C44H57NO17/c1-20(2)17-25(45-38(53)61-40(6,7)8)29(49)37(52)57-30-21(3)28-31(56-22(4)46)33(50)42(11)26(48)18-27-43(19-55-27,60-23(5)47)32(42)35(58-36(51)24-15-13-12-14-16-24)44(41(28,9)10)34(30)59-39(54)62-44/h12-16,20,25-27,29-32,34-35,48-49H,17-19H2,1-11H3,(H,45,53)/t25?,26?,27?,29?,30?,31?,32?,34?,35?,42-,43+,44-/m1/s1. The average molecular weight is 872 g/mol. The minimum atomic E-state index is -2.36. The van der Waals surface area contributed by atoms with Crippen molar-refractivity contribution in [3.8, 4) is 0 Å². The largest absolute Gasteiger partial charge is 0.509 e. The minimum absolute atomic E-state index is 0.0261. The minimum Gasteiger partial charge on any atom is -0.454 e. The van der Waals surface area contributed by atoms with Crippen LogP contribution in [0.15, 0.2) is 41.5 Å². The SMILES string of the molecule is CC(=O)OC1C(=O)[C@]2(C)C(O)CC3OC[C@@]3(OC(C)=O)C2C(OC(=O)c2ccccc2)[C@]23OC(=O)OC2C(OC(=O)C(O)C(CC(C)C)NC(=O)OC(C)(C)C)C(C)=C1C3(C)C. The van der Waals surface area contributed by atoms with Gasteiger partial charge in [0.05, 0.1) is 35.6 Å². The van der Waals surface area contributed by atoms with Gasteiger partial charge in [-0.25, -0.2) is 19.2 Å². The number of ether oxygens (including phenoxy) is 8. The Kier molecular flexibility index (Phi) is 12.2. The molecular formula is C44H57NO17. The molecule has 1 aromatic rings. The number of hydrogen-bond donors (Lipinski definition) is 3. The molecule has 18 heteroatoms. The van der Waals surface area contributed by atoms with Gasteiger partial charge in [-0.05, 0) is 70.2 Å². The molecule has 2 aliphatic heterocycles. The van der Waals surface area contributed by atoms with Crippen molar-refractivity contribution in [2.45, 2.75) is 155 Å². The molecule has 340 valence electrons. The Labute approximate surface area is 359 Å². The summed E-state index contributed by atoms with van der Waals surface area (Å²) in [5.41, 5.74) is -8.99. The second kappa shape index (κ2) is 16.2. The first-order valence-corrected chi connectivity index (χ1v) is 20.7. The highest BCUT2D eigenvalue weighted by Gasteiger charge is 2.83. The number of carbonyl (C=O) groups is 7. The molecule has 2 heterocycles. The highest BCUT2D eigenvalue weighted by molar-refractivity contribution is 5.96. The van der Waals surface area contributed by atoms with E-state index in [9.17, 15) is 39.0 Å². The number of benzene rings is 1. The molecule has 5 aliphatic rings. The number of Topliss-reactive ketones (excluding diaryl/α,β-unsaturated/α-hetero) is 1. The van der Waals surface area contributed by atoms with Crippen molar-refractivity contribution >= 4 is 41.9 Å². The summed E-state index contributed by atoms with van der Waals surface area (Å²) in [6.07, 6.45) is -14.5. The first-order valence-electron chi connectivity index (χ1n) is 20.7. The lowest BCUT2D eigenvalue weighted by atomic mass is 9.44. The zero-order valence-electron chi connectivity index (χ0n) is 36.8. The van der Waals surface area contributed by atoms with Crippen LogP contribution in [0.25, 0.3) is 0 Å². The molecule has 0 radical (unpaired) electrons. The second-order valence-electron chi connectivity index (χ2n) is 19.0. The number of carbonyl (C=O) groups excluding carboxylic acids is 7. The van der Waals surface area contributed by atoms with E-state index in [1.807, 2.05) is 0 Å². The Morgan fingerprint density at radius 1 is 0.968 bits per heavy atom. The van der Waals surface area contributed by atoms with Crippen LogP contribution in [0.5, 0.6) is 0 Å². The zero-order valence-corrected chi connectivity index (χ0v) is 36.8. The fraction of sp³-hybridized carbons (Fsp3) is 0.659. The summed E-state index contributed by atoms with van der Waals surface area (Å²) >= 11 is 0. The van der Waals surface area contributed by atoms with Crippen LogP contribution in [0, 0.1) is 22.7 Å². The second-order valence-corrected chi connectivity index (χ2v) is 19.0. The zero-order chi connectivity index (χ0) is 46.1. The van der Waals surface area contributed by atoms with Gasteiger partial charge >= 0.3 is 36.1 Å². The average Bonchev–Trinajstić information content (AvgIpc) is 3.52. The number of rotatable bonds is 10. The number of alkyl carbamates (subject to hydrolysis) is 1. The van der Waals surface area contributed by atoms with E-state index in [0.29, 0.717) is 0 Å². The number of amides is 1. The van der Waals surface area contributed by atoms with E-state index in [0.717, 1.165) is 13.8 Å². The molecule has 0 aromatic heterocycles. The lowest BCUT2D eigenvalue weighted by Crippen LogP contribution is -2.83. The molecule has 12 atom stereocenters. The lowest BCUT2D eigenvalue weighted by Gasteiger charge is -2.67. The molecule has 1 aromatic carbocycles. The smallest absolute Gasteiger partial charge is 0.454 e. The van der Waals surface area contributed by atoms with Gasteiger partial charge in [-0.15, -0.1) is 0 Å². The number of aliphatic hydroxyl groups excluding tert-OH is 2. The maximum atomic E-state index is 15.6. The van der Waals surface area contributed by atoms with E-state index in [2.05, 4.69) is 5.32 Å². The molecule has 2 saturated heterocycles. The molecule has 1 spiro atoms. The number of hydrogen-bond acceptors (Lipinski definition) is 17. The van der Waals surface area contributed by atoms with Crippen LogP contribution in [-0.2, 0) is 57.1 Å². The van der Waals surface area contributed by atoms with Gasteiger partial charge in [0.1, 0.15) is 11.7 Å². The van der Waals surface area contributed by atoms with Crippen LogP contribution in [0.4, 0.5) is 9.59 Å². The highest BCUT2D eigenvalue weighted by atomic mass is 16.8. The van der Waals surface area contributed by atoms with E-state index in [-0.39, 0.29) is 42.1 Å². The first-order chi connectivity index (χ1) is 28.7. The van der Waals surface area contributed by atoms with E-state index < -0.39 is 124 Å². The third-order valence-corrected chi connectivity index (χ3v) is 12.9. The van der Waals surface area contributed by atoms with Gasteiger partial charge in [0.15, 0.2) is 41.9 Å². The third-order valence-electron chi connectivity index (χ3n) is 12.9. The Hall–Kier alpha value is -5.07. The van der Waals surface area contributed by atoms with Gasteiger partial charge in [-0.1, -0.05) is 45.9 Å².